The third-order valence-electron chi connectivity index (χ3n) is 3.84. The molecular formula is C29H71N. The van der Waals surface area contributed by atoms with Gasteiger partial charge in [-0.15, -0.1) is 0 Å². The van der Waals surface area contributed by atoms with Crippen LogP contribution in [0.25, 0.3) is 0 Å². The van der Waals surface area contributed by atoms with Crippen molar-refractivity contribution in [3.63, 3.8) is 0 Å². The van der Waals surface area contributed by atoms with Crippen molar-refractivity contribution in [1.82, 2.24) is 5.32 Å². The highest BCUT2D eigenvalue weighted by Gasteiger charge is 1.99. The molecule has 1 heteroatoms. The second-order valence-electron chi connectivity index (χ2n) is 7.56. The van der Waals surface area contributed by atoms with Gasteiger partial charge in [0, 0.05) is 7.97 Å². The molecule has 30 heavy (non-hydrogen) atoms. The smallest absolute Gasteiger partial charge is 0.0143 e. The molecule has 1 unspecified atom stereocenters. The lowest BCUT2D eigenvalue weighted by Gasteiger charge is -2.10. The normalized spacial score (nSPS) is 10.7. The first kappa shape index (κ1) is 43.4. The number of unbranched alkanes of at least 4 members (excludes halogenated alkanes) is 2. The van der Waals surface area contributed by atoms with Crippen molar-refractivity contribution in [2.24, 2.45) is 11.8 Å². The molecule has 1 N–H and O–H groups in total. The topological polar surface area (TPSA) is 12.0 Å². The van der Waals surface area contributed by atoms with Gasteiger partial charge in [-0.1, -0.05) is 154 Å². The Bertz CT molecular complexity index is 215. The van der Waals surface area contributed by atoms with E-state index in [1.807, 2.05) is 46.9 Å². The molecule has 192 valence electrons. The standard InChI is InChI=1S/C12H25N.C7H16.2C3H8.2C2H6.H2/c1-4-6-7-8-12(3)9-11-13-10-5-2;1-4-6-7(3)5-2;2*1-3-2;2*1-2;/h5,10,12-13H,4,6-9,11H2,1-3H3;7H,4-6H2,1-3H3;2*3H2,1-2H3;2*1-2H3;1H/b10-5-;;;;;;/t12-;;;;;;/m1....../s1. The van der Waals surface area contributed by atoms with Crippen molar-refractivity contribution in [2.75, 3.05) is 6.54 Å². The van der Waals surface area contributed by atoms with E-state index in [-0.39, 0.29) is 1.43 Å². The van der Waals surface area contributed by atoms with Crippen molar-refractivity contribution >= 4 is 0 Å². The third kappa shape index (κ3) is 80.3. The summed E-state index contributed by atoms with van der Waals surface area (Å²) in [5, 5.41) is 3.28. The van der Waals surface area contributed by atoms with Crippen molar-refractivity contribution in [3.8, 4) is 0 Å². The molecule has 0 aromatic carbocycles. The van der Waals surface area contributed by atoms with Gasteiger partial charge in [0.15, 0.2) is 0 Å². The van der Waals surface area contributed by atoms with Crippen LogP contribution in [0, 0.1) is 11.8 Å². The van der Waals surface area contributed by atoms with E-state index in [0.29, 0.717) is 0 Å². The highest BCUT2D eigenvalue weighted by Crippen LogP contribution is 2.11. The molecule has 0 aromatic heterocycles. The van der Waals surface area contributed by atoms with Crippen LogP contribution >= 0.6 is 0 Å². The van der Waals surface area contributed by atoms with Crippen LogP contribution in [0.4, 0.5) is 0 Å². The first-order valence-corrected chi connectivity index (χ1v) is 13.8. The second kappa shape index (κ2) is 56.7. The quantitative estimate of drug-likeness (QED) is 0.319. The van der Waals surface area contributed by atoms with Crippen LogP contribution in [0.15, 0.2) is 12.3 Å². The van der Waals surface area contributed by atoms with Gasteiger partial charge in [0.2, 0.25) is 0 Å². The zero-order chi connectivity index (χ0) is 25.1. The first-order valence-electron chi connectivity index (χ1n) is 13.8. The first-order chi connectivity index (χ1) is 14.4. The van der Waals surface area contributed by atoms with Crippen molar-refractivity contribution in [2.45, 2.75) is 161 Å². The monoisotopic (exact) mass is 434 g/mol. The third-order valence-corrected chi connectivity index (χ3v) is 3.84. The maximum absolute atomic E-state index is 3.28. The van der Waals surface area contributed by atoms with Crippen LogP contribution in [0.2, 0.25) is 0 Å². The lowest BCUT2D eigenvalue weighted by Crippen LogP contribution is -2.10. The fraction of sp³-hybridized carbons (Fsp3) is 0.931. The summed E-state index contributed by atoms with van der Waals surface area (Å²) in [5.74, 6) is 1.83. The molecule has 2 atom stereocenters. The number of rotatable bonds is 11. The van der Waals surface area contributed by atoms with Gasteiger partial charge in [0.25, 0.3) is 0 Å². The van der Waals surface area contributed by atoms with Gasteiger partial charge in [-0.3, -0.25) is 0 Å². The van der Waals surface area contributed by atoms with Gasteiger partial charge in [-0.2, -0.15) is 0 Å². The minimum Gasteiger partial charge on any atom is -0.391 e. The number of hydrogen-bond donors (Lipinski definition) is 1. The van der Waals surface area contributed by atoms with Crippen LogP contribution in [0.5, 0.6) is 0 Å². The predicted octanol–water partition coefficient (Wildman–Crippen LogP) is 11.7. The molecule has 0 radical (unpaired) electrons. The van der Waals surface area contributed by atoms with E-state index in [1.54, 1.807) is 0 Å². The number of allylic oxidation sites excluding steroid dienone is 1. The molecule has 0 bridgehead atoms. The molecule has 0 aliphatic heterocycles. The van der Waals surface area contributed by atoms with E-state index in [0.717, 1.165) is 18.4 Å². The van der Waals surface area contributed by atoms with E-state index in [1.165, 1.54) is 64.2 Å². The Morgan fingerprint density at radius 1 is 0.667 bits per heavy atom. The summed E-state index contributed by atoms with van der Waals surface area (Å²) >= 11 is 0. The van der Waals surface area contributed by atoms with Crippen LogP contribution in [-0.4, -0.2) is 6.54 Å². The summed E-state index contributed by atoms with van der Waals surface area (Å²) < 4.78 is 0. The number of hydrogen-bond acceptors (Lipinski definition) is 1. The average Bonchev–Trinajstić information content (AvgIpc) is 2.76. The summed E-state index contributed by atoms with van der Waals surface area (Å²) in [7, 11) is 0. The molecule has 0 aromatic rings. The molecule has 0 saturated heterocycles. The summed E-state index contributed by atoms with van der Waals surface area (Å²) in [6, 6.07) is 0. The summed E-state index contributed by atoms with van der Waals surface area (Å²) in [6.07, 6.45) is 17.5. The zero-order valence-electron chi connectivity index (χ0n) is 24.6. The van der Waals surface area contributed by atoms with Crippen molar-refractivity contribution in [1.29, 1.82) is 0 Å². The van der Waals surface area contributed by atoms with Crippen molar-refractivity contribution in [3.05, 3.63) is 12.3 Å². The Morgan fingerprint density at radius 2 is 1.13 bits per heavy atom. The van der Waals surface area contributed by atoms with E-state index < -0.39 is 0 Å². The van der Waals surface area contributed by atoms with Crippen LogP contribution < -0.4 is 5.32 Å². The largest absolute Gasteiger partial charge is 0.391 e. The highest BCUT2D eigenvalue weighted by molar-refractivity contribution is 4.73. The fourth-order valence-electron chi connectivity index (χ4n) is 2.11. The lowest BCUT2D eigenvalue weighted by atomic mass is 10.0. The second-order valence-corrected chi connectivity index (χ2v) is 7.56. The Labute approximate surface area is 198 Å². The molecule has 0 spiro atoms. The minimum absolute atomic E-state index is 0. The molecule has 0 fully saturated rings. The summed E-state index contributed by atoms with van der Waals surface area (Å²) in [4.78, 5) is 0. The molecule has 0 heterocycles. The van der Waals surface area contributed by atoms with Crippen molar-refractivity contribution < 1.29 is 1.43 Å². The van der Waals surface area contributed by atoms with Crippen LogP contribution in [-0.2, 0) is 0 Å². The van der Waals surface area contributed by atoms with E-state index in [2.05, 4.69) is 67.6 Å². The number of nitrogens with one attached hydrogen (secondary N) is 1. The summed E-state index contributed by atoms with van der Waals surface area (Å²) in [6.45, 7) is 31.1. The van der Waals surface area contributed by atoms with E-state index in [9.17, 15) is 0 Å². The SMILES string of the molecule is C/C=C\NCC[C@H](C)CCCCC.CC.CC.CCC.CCC.CCCC(C)CC.[HH]. The molecule has 1 nitrogen and oxygen atoms in total. The minimum atomic E-state index is 0. The van der Waals surface area contributed by atoms with Gasteiger partial charge < -0.3 is 5.32 Å². The maximum atomic E-state index is 3.28. The van der Waals surface area contributed by atoms with Gasteiger partial charge >= 0.3 is 0 Å². The van der Waals surface area contributed by atoms with E-state index >= 15 is 0 Å². The summed E-state index contributed by atoms with van der Waals surface area (Å²) in [5.41, 5.74) is 0. The Morgan fingerprint density at radius 3 is 1.43 bits per heavy atom. The predicted molar refractivity (Wildman–Crippen MR) is 152 cm³/mol. The molecular weight excluding hydrogens is 362 g/mol. The van der Waals surface area contributed by atoms with Crippen LogP contribution in [0.3, 0.4) is 0 Å². The maximum Gasteiger partial charge on any atom is 0.0143 e. The zero-order valence-corrected chi connectivity index (χ0v) is 24.6. The van der Waals surface area contributed by atoms with Gasteiger partial charge in [-0.25, -0.2) is 0 Å². The molecule has 0 amide bonds. The Hall–Kier alpha value is -0.460. The van der Waals surface area contributed by atoms with E-state index in [4.69, 9.17) is 0 Å². The molecule has 0 aliphatic rings. The molecule has 0 rings (SSSR count). The lowest BCUT2D eigenvalue weighted by molar-refractivity contribution is 0.460. The Balaban J connectivity index is -0.0000000542. The Kier molecular flexibility index (Phi) is 82.1. The molecule has 0 aliphatic carbocycles. The average molecular weight is 434 g/mol. The van der Waals surface area contributed by atoms with Gasteiger partial charge in [-0.05, 0) is 31.4 Å². The van der Waals surface area contributed by atoms with Gasteiger partial charge in [0.1, 0.15) is 0 Å². The fourth-order valence-corrected chi connectivity index (χ4v) is 2.11. The highest BCUT2D eigenvalue weighted by atomic mass is 14.8. The van der Waals surface area contributed by atoms with Gasteiger partial charge in [0.05, 0.1) is 0 Å². The van der Waals surface area contributed by atoms with Crippen LogP contribution in [0.1, 0.15) is 163 Å². The molecule has 0 saturated carbocycles.